The number of fused-ring (bicyclic) bond motifs is 3. The first kappa shape index (κ1) is 26.5. The van der Waals surface area contributed by atoms with E-state index in [0.29, 0.717) is 27.3 Å². The Bertz CT molecular complexity index is 1810. The maximum atomic E-state index is 11.7. The van der Waals surface area contributed by atoms with Crippen molar-refractivity contribution in [1.29, 1.82) is 5.41 Å². The predicted octanol–water partition coefficient (Wildman–Crippen LogP) is 1.68. The van der Waals surface area contributed by atoms with Crippen LogP contribution < -0.4 is 22.7 Å². The van der Waals surface area contributed by atoms with Crippen LogP contribution >= 0.6 is 11.6 Å². The molecule has 0 saturated carbocycles. The van der Waals surface area contributed by atoms with Gasteiger partial charge in [0.25, 0.3) is 5.56 Å². The number of nitrogens with one attached hydrogen (secondary N) is 2. The molecule has 0 fully saturated rings. The fraction of sp³-hybridized carbons (Fsp3) is 0.240. The van der Waals surface area contributed by atoms with E-state index < -0.39 is 5.76 Å². The monoisotopic (exact) mass is 541 g/mol. The number of halogens is 1. The minimum atomic E-state index is -0.456. The molecule has 0 aliphatic carbocycles. The van der Waals surface area contributed by atoms with Crippen LogP contribution in [0.3, 0.4) is 0 Å². The second-order valence-electron chi connectivity index (χ2n) is 8.71. The Morgan fingerprint density at radius 3 is 2.50 bits per heavy atom. The largest absolute Gasteiger partial charge is 0.417 e. The van der Waals surface area contributed by atoms with Gasteiger partial charge in [-0.15, -0.1) is 0 Å². The molecule has 13 heteroatoms. The van der Waals surface area contributed by atoms with Crippen LogP contribution in [0.25, 0.3) is 22.3 Å². The van der Waals surface area contributed by atoms with E-state index in [1.54, 1.807) is 36.9 Å². The van der Waals surface area contributed by atoms with Crippen molar-refractivity contribution >= 4 is 39.8 Å². The summed E-state index contributed by atoms with van der Waals surface area (Å²) in [7, 11) is 4.77. The Balaban J connectivity index is 0.000000134. The number of nitrogens with two attached hydrogens (primary N) is 1. The number of guanidine groups is 1. The first-order valence-electron chi connectivity index (χ1n) is 11.6. The molecule has 198 valence electrons. The molecule has 4 heterocycles. The minimum absolute atomic E-state index is 0.175. The molecule has 0 spiro atoms. The average Bonchev–Trinajstić information content (AvgIpc) is 3.47. The number of hydrogen-bond donors (Lipinski definition) is 3. The lowest BCUT2D eigenvalue weighted by atomic mass is 10.0. The number of aromatic amines is 1. The zero-order chi connectivity index (χ0) is 27.6. The molecule has 2 aromatic carbocycles. The molecule has 0 radical (unpaired) electrons. The topological polar surface area (TPSA) is 161 Å². The second-order valence-corrected chi connectivity index (χ2v) is 9.15. The van der Waals surface area contributed by atoms with Crippen molar-refractivity contribution in [3.63, 3.8) is 0 Å². The number of oxazole rings is 1. The molecular weight excluding hydrogens is 515 g/mol. The highest BCUT2D eigenvalue weighted by atomic mass is 35.5. The van der Waals surface area contributed by atoms with E-state index in [1.165, 1.54) is 29.1 Å². The molecule has 4 N–H and O–H groups in total. The molecule has 38 heavy (non-hydrogen) atoms. The fourth-order valence-corrected chi connectivity index (χ4v) is 4.27. The summed E-state index contributed by atoms with van der Waals surface area (Å²) in [6, 6.07) is 13.3. The SMILES string of the molecule is Cn1cnc2c1c(=O)n(C)[13c](=O)n2C.N=[13C](N)N1CCc2ccccc2C1.O=[13c]1[nH]c2cc(Cl)ccc2o1. The van der Waals surface area contributed by atoms with Gasteiger partial charge in [-0.3, -0.25) is 24.3 Å². The van der Waals surface area contributed by atoms with Crippen LogP contribution in [0.2, 0.25) is 5.02 Å². The summed E-state index contributed by atoms with van der Waals surface area (Å²) in [6.45, 7) is 1.65. The zero-order valence-corrected chi connectivity index (χ0v) is 21.8. The summed E-state index contributed by atoms with van der Waals surface area (Å²) in [4.78, 5) is 42.2. The van der Waals surface area contributed by atoms with E-state index in [9.17, 15) is 14.4 Å². The van der Waals surface area contributed by atoms with Gasteiger partial charge in [0.1, 0.15) is 0 Å². The van der Waals surface area contributed by atoms with Crippen molar-refractivity contribution in [2.45, 2.75) is 13.0 Å². The van der Waals surface area contributed by atoms with Gasteiger partial charge in [-0.2, -0.15) is 0 Å². The number of H-pyrrole nitrogens is 1. The van der Waals surface area contributed by atoms with Gasteiger partial charge >= 0.3 is 11.4 Å². The molecule has 0 unspecified atom stereocenters. The Hall–Kier alpha value is -4.58. The molecule has 5 aromatic rings. The normalized spacial score (nSPS) is 12.4. The number of aryl methyl sites for hydroxylation is 2. The lowest BCUT2D eigenvalue weighted by Crippen LogP contribution is -2.39. The van der Waals surface area contributed by atoms with Crippen molar-refractivity contribution < 1.29 is 4.42 Å². The van der Waals surface area contributed by atoms with Crippen LogP contribution in [-0.2, 0) is 34.1 Å². The summed E-state index contributed by atoms with van der Waals surface area (Å²) < 4.78 is 8.79. The molecular formula is C25H27ClN8O4. The standard InChI is InChI=1S/C10H13N3.C8H10N4O2.C7H4ClNO2/c11-10(12)13-6-5-8-3-1-2-4-9(8)7-13;1-10-4-9-6-5(10)7(13)12(3)8(14)11(6)2;8-4-1-2-6-5(3-4)9-7(10)11-6/h1-4H,5-7H2,(H3,11,12);4H,1-3H3;1-3H,(H,9,10)/i10+1;8+1;7+1. The third kappa shape index (κ3) is 5.39. The number of nitrogens with zero attached hydrogens (tertiary/aromatic N) is 5. The number of hydrogen-bond acceptors (Lipinski definition) is 6. The molecule has 12 nitrogen and oxygen atoms in total. The van der Waals surface area contributed by atoms with Gasteiger partial charge in [0.05, 0.1) is 11.8 Å². The highest BCUT2D eigenvalue weighted by Gasteiger charge is 2.15. The first-order valence-corrected chi connectivity index (χ1v) is 12.0. The van der Waals surface area contributed by atoms with Gasteiger partial charge < -0.3 is 19.6 Å². The first-order chi connectivity index (χ1) is 18.1. The van der Waals surface area contributed by atoms with Crippen molar-refractivity contribution in [3.8, 4) is 0 Å². The van der Waals surface area contributed by atoms with Gasteiger partial charge in [-0.05, 0) is 35.7 Å². The number of rotatable bonds is 0. The molecule has 6 rings (SSSR count). The number of aromatic nitrogens is 5. The van der Waals surface area contributed by atoms with E-state index in [4.69, 9.17) is 27.2 Å². The summed E-state index contributed by atoms with van der Waals surface area (Å²) in [5.41, 5.74) is 9.45. The molecule has 3 aromatic heterocycles. The number of benzene rings is 2. The molecule has 0 saturated heterocycles. The second kappa shape index (κ2) is 10.8. The van der Waals surface area contributed by atoms with E-state index in [1.807, 2.05) is 11.0 Å². The Labute approximate surface area is 221 Å². The Kier molecular flexibility index (Phi) is 7.53. The fourth-order valence-electron chi connectivity index (χ4n) is 4.10. The molecule has 0 amide bonds. The van der Waals surface area contributed by atoms with Crippen LogP contribution in [-0.4, -0.2) is 41.1 Å². The van der Waals surface area contributed by atoms with Gasteiger partial charge in [-0.1, -0.05) is 35.9 Å². The Morgan fingerprint density at radius 1 is 1.08 bits per heavy atom. The maximum Gasteiger partial charge on any atom is 0.417 e. The maximum absolute atomic E-state index is 11.7. The van der Waals surface area contributed by atoms with Gasteiger partial charge in [0, 0.05) is 39.3 Å². The lowest BCUT2D eigenvalue weighted by molar-refractivity contribution is 0.387. The Morgan fingerprint density at radius 2 is 1.79 bits per heavy atom. The highest BCUT2D eigenvalue weighted by Crippen LogP contribution is 2.17. The van der Waals surface area contributed by atoms with E-state index >= 15 is 0 Å². The van der Waals surface area contributed by atoms with E-state index in [-0.39, 0.29) is 17.2 Å². The quantitative estimate of drug-likeness (QED) is 0.153. The van der Waals surface area contributed by atoms with Crippen LogP contribution in [0.5, 0.6) is 0 Å². The van der Waals surface area contributed by atoms with Gasteiger partial charge in [0.15, 0.2) is 22.7 Å². The van der Waals surface area contributed by atoms with E-state index in [0.717, 1.165) is 24.1 Å². The van der Waals surface area contributed by atoms with Crippen LogP contribution in [0.1, 0.15) is 11.1 Å². The summed E-state index contributed by atoms with van der Waals surface area (Å²) in [5, 5.41) is 7.91. The molecule has 0 bridgehead atoms. The highest BCUT2D eigenvalue weighted by molar-refractivity contribution is 6.31. The van der Waals surface area contributed by atoms with Crippen LogP contribution in [0, 0.1) is 5.41 Å². The summed E-state index contributed by atoms with van der Waals surface area (Å²) in [6.07, 6.45) is 2.52. The van der Waals surface area contributed by atoms with Crippen molar-refractivity contribution in [2.75, 3.05) is 6.54 Å². The van der Waals surface area contributed by atoms with Crippen LogP contribution in [0.4, 0.5) is 0 Å². The smallest absolute Gasteiger partial charge is 0.408 e. The third-order valence-corrected chi connectivity index (χ3v) is 6.40. The molecule has 1 aliphatic heterocycles. The predicted molar refractivity (Wildman–Crippen MR) is 146 cm³/mol. The van der Waals surface area contributed by atoms with Crippen molar-refractivity contribution in [3.05, 3.63) is 96.3 Å². The van der Waals surface area contributed by atoms with Crippen LogP contribution in [0.15, 0.2) is 67.6 Å². The summed E-state index contributed by atoms with van der Waals surface area (Å²) in [5.74, 6) is -0.281. The summed E-state index contributed by atoms with van der Waals surface area (Å²) >= 11 is 5.66. The average molecular weight is 542 g/mol. The van der Waals surface area contributed by atoms with Crippen molar-refractivity contribution in [1.82, 2.24) is 28.6 Å². The van der Waals surface area contributed by atoms with Gasteiger partial charge in [-0.25, -0.2) is 14.6 Å². The molecule has 1 aliphatic rings. The number of imidazole rings is 1. The minimum Gasteiger partial charge on any atom is -0.408 e. The van der Waals surface area contributed by atoms with E-state index in [2.05, 4.69) is 28.2 Å². The third-order valence-electron chi connectivity index (χ3n) is 6.17. The zero-order valence-electron chi connectivity index (χ0n) is 21.1. The lowest BCUT2D eigenvalue weighted by Gasteiger charge is -2.28. The van der Waals surface area contributed by atoms with Gasteiger partial charge in [0.2, 0.25) is 0 Å². The molecule has 0 atom stereocenters. The van der Waals surface area contributed by atoms with Crippen molar-refractivity contribution in [2.24, 2.45) is 26.9 Å².